The number of rotatable bonds is 6. The predicted octanol–water partition coefficient (Wildman–Crippen LogP) is 7.35. The highest BCUT2D eigenvalue weighted by Crippen LogP contribution is 2.35. The van der Waals surface area contributed by atoms with E-state index in [9.17, 15) is 0 Å². The molecule has 0 fully saturated rings. The van der Waals surface area contributed by atoms with E-state index in [0.717, 1.165) is 32.8 Å². The number of nitrogens with one attached hydrogen (secondary N) is 3. The molecule has 0 aliphatic heterocycles. The minimum Gasteiger partial charge on any atom is -0.380 e. The second-order valence-corrected chi connectivity index (χ2v) is 10.6. The molecule has 190 valence electrons. The van der Waals surface area contributed by atoms with Crippen molar-refractivity contribution in [2.75, 3.05) is 5.32 Å². The summed E-state index contributed by atoms with van der Waals surface area (Å²) >= 11 is 1.71. The summed E-state index contributed by atoms with van der Waals surface area (Å²) in [4.78, 5) is 19.3. The number of aromatic nitrogens is 6. The van der Waals surface area contributed by atoms with Gasteiger partial charge in [-0.15, -0.1) is 11.3 Å². The van der Waals surface area contributed by atoms with Gasteiger partial charge in [0.2, 0.25) is 0 Å². The van der Waals surface area contributed by atoms with E-state index in [1.165, 1.54) is 10.9 Å². The van der Waals surface area contributed by atoms with Gasteiger partial charge in [-0.05, 0) is 54.4 Å². The van der Waals surface area contributed by atoms with Crippen LogP contribution in [0.25, 0.3) is 55.2 Å². The van der Waals surface area contributed by atoms with Crippen LogP contribution in [0.3, 0.4) is 0 Å². The summed E-state index contributed by atoms with van der Waals surface area (Å²) in [5, 5.41) is 11.3. The molecule has 5 aromatic heterocycles. The van der Waals surface area contributed by atoms with Gasteiger partial charge in [0.05, 0.1) is 11.2 Å². The van der Waals surface area contributed by atoms with Crippen molar-refractivity contribution in [3.05, 3.63) is 102 Å². The van der Waals surface area contributed by atoms with E-state index >= 15 is 4.39 Å². The average Bonchev–Trinajstić information content (AvgIpc) is 3.70. The topological polar surface area (TPSA) is 95.2 Å². The first-order valence-corrected chi connectivity index (χ1v) is 13.3. The number of H-pyrrole nitrogens is 2. The zero-order chi connectivity index (χ0) is 26.3. The zero-order valence-corrected chi connectivity index (χ0v) is 21.7. The molecule has 9 heteroatoms. The number of thiophene rings is 1. The summed E-state index contributed by atoms with van der Waals surface area (Å²) in [5.41, 5.74) is 6.80. The number of hydrogen-bond donors (Lipinski definition) is 3. The number of hydrogen-bond acceptors (Lipinski definition) is 6. The second-order valence-electron chi connectivity index (χ2n) is 9.31. The minimum atomic E-state index is -0.420. The Bertz CT molecular complexity index is 1960. The summed E-state index contributed by atoms with van der Waals surface area (Å²) in [6.45, 7) is 2.75. The molecule has 0 saturated heterocycles. The van der Waals surface area contributed by atoms with Crippen LogP contribution in [0.1, 0.15) is 10.4 Å². The molecule has 0 bridgehead atoms. The van der Waals surface area contributed by atoms with Crippen LogP contribution in [-0.2, 0) is 6.54 Å². The maximum atomic E-state index is 15.3. The number of pyridine rings is 2. The Labute approximate surface area is 226 Å². The molecular formula is C30H22FN7S. The van der Waals surface area contributed by atoms with Crippen LogP contribution in [0.4, 0.5) is 10.1 Å². The van der Waals surface area contributed by atoms with Gasteiger partial charge in [-0.25, -0.2) is 14.4 Å². The van der Waals surface area contributed by atoms with E-state index in [0.29, 0.717) is 34.7 Å². The molecule has 7 rings (SSSR count). The van der Waals surface area contributed by atoms with Crippen LogP contribution in [0.5, 0.6) is 0 Å². The number of nitrogens with zero attached hydrogens (tertiary/aromatic N) is 4. The molecule has 39 heavy (non-hydrogen) atoms. The lowest BCUT2D eigenvalue weighted by atomic mass is 10.0. The summed E-state index contributed by atoms with van der Waals surface area (Å²) in [7, 11) is 0. The maximum absolute atomic E-state index is 15.3. The lowest BCUT2D eigenvalue weighted by molar-refractivity contribution is 0.636. The van der Waals surface area contributed by atoms with E-state index in [-0.39, 0.29) is 5.52 Å². The van der Waals surface area contributed by atoms with Gasteiger partial charge in [0.1, 0.15) is 11.2 Å². The van der Waals surface area contributed by atoms with Gasteiger partial charge < -0.3 is 10.3 Å². The van der Waals surface area contributed by atoms with Crippen LogP contribution in [0.15, 0.2) is 85.3 Å². The lowest BCUT2D eigenvalue weighted by Gasteiger charge is -2.09. The van der Waals surface area contributed by atoms with Crippen LogP contribution >= 0.6 is 11.3 Å². The highest BCUT2D eigenvalue weighted by molar-refractivity contribution is 7.15. The fraction of sp³-hybridized carbons (Fsp3) is 0.0667. The lowest BCUT2D eigenvalue weighted by Crippen LogP contribution is -1.99. The molecule has 0 amide bonds. The summed E-state index contributed by atoms with van der Waals surface area (Å²) < 4.78 is 15.3. The summed E-state index contributed by atoms with van der Waals surface area (Å²) in [6.07, 6.45) is 5.25. The second kappa shape index (κ2) is 9.45. The smallest absolute Gasteiger partial charge is 0.178 e. The maximum Gasteiger partial charge on any atom is 0.178 e. The van der Waals surface area contributed by atoms with Crippen LogP contribution < -0.4 is 5.32 Å². The number of halogens is 1. The van der Waals surface area contributed by atoms with Gasteiger partial charge in [-0.2, -0.15) is 5.10 Å². The van der Waals surface area contributed by atoms with Crippen molar-refractivity contribution >= 4 is 39.1 Å². The molecule has 0 unspecified atom stereocenters. The third-order valence-corrected chi connectivity index (χ3v) is 7.69. The number of aromatic amines is 2. The number of imidazole rings is 1. The van der Waals surface area contributed by atoms with E-state index in [4.69, 9.17) is 4.98 Å². The van der Waals surface area contributed by atoms with Gasteiger partial charge >= 0.3 is 0 Å². The predicted molar refractivity (Wildman–Crippen MR) is 154 cm³/mol. The molecule has 3 N–H and O–H groups in total. The Balaban J connectivity index is 1.27. The molecule has 2 aromatic carbocycles. The third-order valence-electron chi connectivity index (χ3n) is 6.66. The first kappa shape index (κ1) is 23.2. The molecule has 0 spiro atoms. The van der Waals surface area contributed by atoms with Crippen molar-refractivity contribution in [2.45, 2.75) is 13.5 Å². The number of benzene rings is 2. The van der Waals surface area contributed by atoms with Crippen LogP contribution in [0, 0.1) is 12.7 Å². The first-order chi connectivity index (χ1) is 19.1. The molecule has 5 heterocycles. The fourth-order valence-corrected chi connectivity index (χ4v) is 5.63. The average molecular weight is 532 g/mol. The first-order valence-electron chi connectivity index (χ1n) is 12.4. The van der Waals surface area contributed by atoms with Crippen molar-refractivity contribution in [1.82, 2.24) is 30.1 Å². The number of fused-ring (bicyclic) bond motifs is 2. The van der Waals surface area contributed by atoms with Crippen LogP contribution in [-0.4, -0.2) is 30.1 Å². The van der Waals surface area contributed by atoms with Gasteiger partial charge in [0.25, 0.3) is 0 Å². The normalized spacial score (nSPS) is 11.4. The van der Waals surface area contributed by atoms with E-state index in [1.54, 1.807) is 29.9 Å². The van der Waals surface area contributed by atoms with Gasteiger partial charge in [0, 0.05) is 51.4 Å². The number of anilines is 1. The molecule has 0 radical (unpaired) electrons. The molecule has 7 aromatic rings. The van der Waals surface area contributed by atoms with Crippen molar-refractivity contribution in [3.8, 4) is 33.1 Å². The highest BCUT2D eigenvalue weighted by atomic mass is 32.1. The molecule has 0 aliphatic rings. The number of aryl methyl sites for hydroxylation is 1. The summed E-state index contributed by atoms with van der Waals surface area (Å²) in [6, 6.07) is 21.7. The largest absolute Gasteiger partial charge is 0.380 e. The van der Waals surface area contributed by atoms with Gasteiger partial charge in [0.15, 0.2) is 17.3 Å². The molecule has 7 nitrogen and oxygen atoms in total. The Kier molecular flexibility index (Phi) is 5.63. The van der Waals surface area contributed by atoms with Crippen molar-refractivity contribution in [1.29, 1.82) is 0 Å². The van der Waals surface area contributed by atoms with Crippen molar-refractivity contribution < 1.29 is 4.39 Å². The Morgan fingerprint density at radius 2 is 1.87 bits per heavy atom. The van der Waals surface area contributed by atoms with E-state index < -0.39 is 5.82 Å². The molecule has 0 aliphatic carbocycles. The van der Waals surface area contributed by atoms with Crippen molar-refractivity contribution in [3.63, 3.8) is 0 Å². The monoisotopic (exact) mass is 531 g/mol. The standard InChI is InChI=1S/C30H22FN7S/c1-17-7-8-25(39-17)22-9-10-33-29-27(22)35-30(36-29)28-23-12-19(13-24(31)26(23)37-38-28)20-11-21(16-32-15-20)34-14-18-5-3-2-4-6-18/h2-13,15-16,34H,14H2,1H3,(H,37,38)(H,33,35,36). The summed E-state index contributed by atoms with van der Waals surface area (Å²) in [5.74, 6) is 0.130. The molecular weight excluding hydrogens is 509 g/mol. The SMILES string of the molecule is Cc1ccc(-c2ccnc3nc(-c4[nH]nc5c(F)cc(-c6cncc(NCc7ccccc7)c6)cc45)[nH]c23)s1. The van der Waals surface area contributed by atoms with Gasteiger partial charge in [-0.1, -0.05) is 30.3 Å². The van der Waals surface area contributed by atoms with Crippen molar-refractivity contribution in [2.24, 2.45) is 0 Å². The van der Waals surface area contributed by atoms with E-state index in [2.05, 4.69) is 61.7 Å². The fourth-order valence-electron chi connectivity index (χ4n) is 4.73. The quantitative estimate of drug-likeness (QED) is 0.209. The zero-order valence-electron chi connectivity index (χ0n) is 20.9. The minimum absolute atomic E-state index is 0.252. The molecule has 0 saturated carbocycles. The Morgan fingerprint density at radius 3 is 2.72 bits per heavy atom. The third kappa shape index (κ3) is 4.32. The van der Waals surface area contributed by atoms with Gasteiger partial charge in [-0.3, -0.25) is 10.1 Å². The highest BCUT2D eigenvalue weighted by Gasteiger charge is 2.18. The Morgan fingerprint density at radius 1 is 0.974 bits per heavy atom. The van der Waals surface area contributed by atoms with Crippen LogP contribution in [0.2, 0.25) is 0 Å². The Hall–Kier alpha value is -4.89. The van der Waals surface area contributed by atoms with E-state index in [1.807, 2.05) is 36.4 Å². The molecule has 0 atom stereocenters.